The molecule has 0 aliphatic carbocycles. The second-order valence-electron chi connectivity index (χ2n) is 6.17. The van der Waals surface area contributed by atoms with Gasteiger partial charge in [0.05, 0.1) is 23.3 Å². The molecule has 0 fully saturated rings. The quantitative estimate of drug-likeness (QED) is 0.628. The van der Waals surface area contributed by atoms with Gasteiger partial charge < -0.3 is 20.1 Å². The van der Waals surface area contributed by atoms with Gasteiger partial charge in [0, 0.05) is 24.2 Å². The molecule has 2 aromatic rings. The third-order valence-corrected chi connectivity index (χ3v) is 4.41. The maximum atomic E-state index is 12.3. The van der Waals surface area contributed by atoms with E-state index in [0.717, 1.165) is 0 Å². The molecule has 0 saturated carbocycles. The summed E-state index contributed by atoms with van der Waals surface area (Å²) in [6.07, 6.45) is -0.00675. The minimum absolute atomic E-state index is 0.00675. The molecule has 2 N–H and O–H groups in total. The summed E-state index contributed by atoms with van der Waals surface area (Å²) >= 11 is 11.7. The van der Waals surface area contributed by atoms with Gasteiger partial charge in [-0.2, -0.15) is 0 Å². The number of hydrogen-bond donors (Lipinski definition) is 2. The van der Waals surface area contributed by atoms with Crippen molar-refractivity contribution in [3.63, 3.8) is 0 Å². The molecule has 2 amide bonds. The average Bonchev–Trinajstić information content (AvgIpc) is 2.66. The molecule has 0 bridgehead atoms. The molecule has 8 heteroatoms. The Hall–Kier alpha value is -2.44. The van der Waals surface area contributed by atoms with E-state index in [4.69, 9.17) is 32.7 Å². The minimum Gasteiger partial charge on any atom is -0.493 e. The van der Waals surface area contributed by atoms with E-state index in [9.17, 15) is 9.59 Å². The van der Waals surface area contributed by atoms with Gasteiger partial charge in [-0.1, -0.05) is 23.2 Å². The maximum Gasteiger partial charge on any atom is 0.251 e. The third kappa shape index (κ3) is 6.04. The Morgan fingerprint density at radius 3 is 2.00 bits per heavy atom. The molecule has 0 aliphatic rings. The fourth-order valence-electron chi connectivity index (χ4n) is 2.35. The molecule has 0 aliphatic heterocycles. The lowest BCUT2D eigenvalue weighted by molar-refractivity contribution is 0.0927. The highest BCUT2D eigenvalue weighted by atomic mass is 35.5. The van der Waals surface area contributed by atoms with Gasteiger partial charge in [-0.05, 0) is 50.2 Å². The summed E-state index contributed by atoms with van der Waals surface area (Å²) in [4.78, 5) is 24.4. The smallest absolute Gasteiger partial charge is 0.251 e. The number of carbonyl (C=O) groups excluding carboxylic acids is 2. The SMILES string of the molecule is COc1cc(C(=O)NCCNC(=O)c2ccc(Cl)c(Cl)c2)ccc1OC(C)C. The first-order valence-corrected chi connectivity index (χ1v) is 9.43. The summed E-state index contributed by atoms with van der Waals surface area (Å²) in [5.74, 6) is 0.472. The zero-order valence-electron chi connectivity index (χ0n) is 15.8. The molecule has 0 unspecified atom stereocenters. The highest BCUT2D eigenvalue weighted by Gasteiger charge is 2.12. The molecule has 0 atom stereocenters. The topological polar surface area (TPSA) is 76.7 Å². The molecule has 0 saturated heterocycles. The van der Waals surface area contributed by atoms with Gasteiger partial charge in [0.1, 0.15) is 0 Å². The van der Waals surface area contributed by atoms with Crippen molar-refractivity contribution in [3.8, 4) is 11.5 Å². The first-order chi connectivity index (χ1) is 13.3. The van der Waals surface area contributed by atoms with Crippen LogP contribution in [0.5, 0.6) is 11.5 Å². The van der Waals surface area contributed by atoms with Crippen molar-refractivity contribution in [2.45, 2.75) is 20.0 Å². The number of nitrogens with one attached hydrogen (secondary N) is 2. The van der Waals surface area contributed by atoms with Gasteiger partial charge in [-0.3, -0.25) is 9.59 Å². The van der Waals surface area contributed by atoms with Crippen LogP contribution in [0.2, 0.25) is 10.0 Å². The fraction of sp³-hybridized carbons (Fsp3) is 0.300. The van der Waals surface area contributed by atoms with Gasteiger partial charge >= 0.3 is 0 Å². The Morgan fingerprint density at radius 1 is 0.893 bits per heavy atom. The second kappa shape index (κ2) is 10.2. The predicted molar refractivity (Wildman–Crippen MR) is 110 cm³/mol. The normalized spacial score (nSPS) is 10.5. The number of amides is 2. The van der Waals surface area contributed by atoms with Crippen molar-refractivity contribution in [1.29, 1.82) is 0 Å². The number of hydrogen-bond acceptors (Lipinski definition) is 4. The Bertz CT molecular complexity index is 856. The zero-order chi connectivity index (χ0) is 20.7. The van der Waals surface area contributed by atoms with Crippen molar-refractivity contribution in [2.75, 3.05) is 20.2 Å². The van der Waals surface area contributed by atoms with Gasteiger partial charge in [0.2, 0.25) is 0 Å². The second-order valence-corrected chi connectivity index (χ2v) is 6.99. The lowest BCUT2D eigenvalue weighted by atomic mass is 10.2. The number of methoxy groups -OCH3 is 1. The molecule has 28 heavy (non-hydrogen) atoms. The van der Waals surface area contributed by atoms with E-state index >= 15 is 0 Å². The Kier molecular flexibility index (Phi) is 7.96. The van der Waals surface area contributed by atoms with Crippen LogP contribution in [0.3, 0.4) is 0 Å². The van der Waals surface area contributed by atoms with Crippen LogP contribution in [0.25, 0.3) is 0 Å². The summed E-state index contributed by atoms with van der Waals surface area (Å²) in [5.41, 5.74) is 0.829. The number of benzene rings is 2. The Morgan fingerprint density at radius 2 is 1.46 bits per heavy atom. The van der Waals surface area contributed by atoms with Crippen LogP contribution in [0, 0.1) is 0 Å². The molecule has 0 heterocycles. The van der Waals surface area contributed by atoms with Crippen molar-refractivity contribution in [3.05, 3.63) is 57.6 Å². The molecule has 2 aromatic carbocycles. The highest BCUT2D eigenvalue weighted by Crippen LogP contribution is 2.29. The molecule has 6 nitrogen and oxygen atoms in total. The van der Waals surface area contributed by atoms with Gasteiger partial charge in [-0.25, -0.2) is 0 Å². The summed E-state index contributed by atoms with van der Waals surface area (Å²) in [7, 11) is 1.52. The number of ether oxygens (including phenoxy) is 2. The summed E-state index contributed by atoms with van der Waals surface area (Å²) < 4.78 is 10.9. The minimum atomic E-state index is -0.301. The van der Waals surface area contributed by atoms with E-state index in [1.165, 1.54) is 13.2 Å². The first-order valence-electron chi connectivity index (χ1n) is 8.68. The first kappa shape index (κ1) is 21.9. The van der Waals surface area contributed by atoms with E-state index in [-0.39, 0.29) is 31.0 Å². The van der Waals surface area contributed by atoms with E-state index in [0.29, 0.717) is 32.7 Å². The Labute approximate surface area is 174 Å². The van der Waals surface area contributed by atoms with Crippen LogP contribution in [0.15, 0.2) is 36.4 Å². The summed E-state index contributed by atoms with van der Waals surface area (Å²) in [6.45, 7) is 4.34. The number of rotatable bonds is 8. The molecule has 150 valence electrons. The lowest BCUT2D eigenvalue weighted by Crippen LogP contribution is -2.34. The molecular formula is C20H22Cl2N2O4. The number of carbonyl (C=O) groups is 2. The van der Waals surface area contributed by atoms with Crippen LogP contribution in [0.1, 0.15) is 34.6 Å². The lowest BCUT2D eigenvalue weighted by Gasteiger charge is -2.14. The standard InChI is InChI=1S/C20H22Cl2N2O4/c1-12(2)28-17-7-5-14(11-18(17)27-3)20(26)24-9-8-23-19(25)13-4-6-15(21)16(22)10-13/h4-7,10-12H,8-9H2,1-3H3,(H,23,25)(H,24,26). The van der Waals surface area contributed by atoms with Crippen LogP contribution in [0.4, 0.5) is 0 Å². The van der Waals surface area contributed by atoms with Crippen LogP contribution in [-0.4, -0.2) is 38.1 Å². The van der Waals surface area contributed by atoms with E-state index in [2.05, 4.69) is 10.6 Å². The van der Waals surface area contributed by atoms with Gasteiger partial charge in [0.25, 0.3) is 11.8 Å². The molecule has 2 rings (SSSR count). The van der Waals surface area contributed by atoms with E-state index in [1.54, 1.807) is 30.3 Å². The number of halogens is 2. The van der Waals surface area contributed by atoms with Crippen LogP contribution >= 0.6 is 23.2 Å². The Balaban J connectivity index is 1.86. The molecule has 0 aromatic heterocycles. The highest BCUT2D eigenvalue weighted by molar-refractivity contribution is 6.42. The van der Waals surface area contributed by atoms with Crippen LogP contribution < -0.4 is 20.1 Å². The van der Waals surface area contributed by atoms with Crippen LogP contribution in [-0.2, 0) is 0 Å². The summed E-state index contributed by atoms with van der Waals surface area (Å²) in [6, 6.07) is 9.59. The van der Waals surface area contributed by atoms with Crippen molar-refractivity contribution in [2.24, 2.45) is 0 Å². The third-order valence-electron chi connectivity index (χ3n) is 3.67. The maximum absolute atomic E-state index is 12.3. The van der Waals surface area contributed by atoms with Gasteiger partial charge in [-0.15, -0.1) is 0 Å². The molecule has 0 radical (unpaired) electrons. The largest absolute Gasteiger partial charge is 0.493 e. The van der Waals surface area contributed by atoms with E-state index in [1.807, 2.05) is 13.8 Å². The molecular weight excluding hydrogens is 403 g/mol. The fourth-order valence-corrected chi connectivity index (χ4v) is 2.65. The zero-order valence-corrected chi connectivity index (χ0v) is 17.4. The van der Waals surface area contributed by atoms with E-state index < -0.39 is 0 Å². The van der Waals surface area contributed by atoms with Crippen molar-refractivity contribution >= 4 is 35.0 Å². The average molecular weight is 425 g/mol. The monoisotopic (exact) mass is 424 g/mol. The molecule has 0 spiro atoms. The summed E-state index contributed by atoms with van der Waals surface area (Å²) in [5, 5.41) is 6.13. The van der Waals surface area contributed by atoms with Gasteiger partial charge in [0.15, 0.2) is 11.5 Å². The predicted octanol–water partition coefficient (Wildman–Crippen LogP) is 3.95. The van der Waals surface area contributed by atoms with Crippen molar-refractivity contribution < 1.29 is 19.1 Å². The van der Waals surface area contributed by atoms with Crippen molar-refractivity contribution in [1.82, 2.24) is 10.6 Å².